The maximum atomic E-state index is 15.3. The summed E-state index contributed by atoms with van der Waals surface area (Å²) in [5.41, 5.74) is 1.98. The molecule has 5 aliphatic rings. The third-order valence-electron chi connectivity index (χ3n) is 15.2. The third kappa shape index (κ3) is 10.8. The van der Waals surface area contributed by atoms with E-state index < -0.39 is 42.7 Å². The fourth-order valence-electron chi connectivity index (χ4n) is 11.9. The second kappa shape index (κ2) is 22.5. The number of aromatic nitrogens is 1. The second-order valence-electron chi connectivity index (χ2n) is 19.7. The van der Waals surface area contributed by atoms with Gasteiger partial charge in [-0.15, -0.1) is 11.3 Å². The predicted octanol–water partition coefficient (Wildman–Crippen LogP) is 8.16. The summed E-state index contributed by atoms with van der Waals surface area (Å²) in [5, 5.41) is 3.57. The zero-order valence-corrected chi connectivity index (χ0v) is 41.8. The molecule has 15 heteroatoms. The molecule has 3 fully saturated rings. The Kier molecular flexibility index (Phi) is 17.3. The fraction of sp³-hybridized carbons (Fsp3) is 0.725. The zero-order chi connectivity index (χ0) is 47.4. The molecule has 0 spiro atoms. The number of fused-ring (bicyclic) bond motifs is 8. The van der Waals surface area contributed by atoms with Crippen molar-refractivity contribution in [2.75, 3.05) is 47.9 Å². The minimum atomic E-state index is -0.776. The van der Waals surface area contributed by atoms with Gasteiger partial charge in [0, 0.05) is 68.6 Å². The molecule has 2 aliphatic heterocycles. The number of hydrogen-bond donors (Lipinski definition) is 1. The molecular weight excluding hydrogens is 863 g/mol. The first-order chi connectivity index (χ1) is 31.7. The number of hydrogen-bond acceptors (Lipinski definition) is 14. The van der Waals surface area contributed by atoms with E-state index in [4.69, 9.17) is 42.9 Å². The smallest absolute Gasteiger partial charge is 0.306 e. The van der Waals surface area contributed by atoms with E-state index in [0.29, 0.717) is 48.4 Å². The molecule has 1 aromatic heterocycles. The number of nitrogens with one attached hydrogen (secondary N) is 1. The lowest BCUT2D eigenvalue weighted by atomic mass is 9.67. The molecule has 3 heterocycles. The fourth-order valence-corrected chi connectivity index (χ4v) is 13.1. The Morgan fingerprint density at radius 1 is 0.924 bits per heavy atom. The van der Waals surface area contributed by atoms with E-state index in [0.717, 1.165) is 29.8 Å². The third-order valence-corrected chi connectivity index (χ3v) is 16.3. The van der Waals surface area contributed by atoms with Crippen molar-refractivity contribution in [2.24, 2.45) is 29.6 Å². The van der Waals surface area contributed by atoms with Crippen LogP contribution in [0.5, 0.6) is 0 Å². The summed E-state index contributed by atoms with van der Waals surface area (Å²) in [6.07, 6.45) is 4.48. The van der Waals surface area contributed by atoms with Crippen LogP contribution in [0.4, 0.5) is 5.13 Å². The number of rotatable bonds is 16. The van der Waals surface area contributed by atoms with E-state index in [1.165, 1.54) is 11.3 Å². The van der Waals surface area contributed by atoms with Crippen LogP contribution in [0, 0.1) is 29.6 Å². The van der Waals surface area contributed by atoms with E-state index in [2.05, 4.69) is 51.2 Å². The van der Waals surface area contributed by atoms with Crippen LogP contribution in [0.15, 0.2) is 42.0 Å². The van der Waals surface area contributed by atoms with Crippen molar-refractivity contribution in [3.8, 4) is 0 Å². The van der Waals surface area contributed by atoms with Gasteiger partial charge in [-0.25, -0.2) is 4.98 Å². The molecule has 0 radical (unpaired) electrons. The summed E-state index contributed by atoms with van der Waals surface area (Å²) < 4.78 is 50.4. The number of esters is 1. The predicted molar refractivity (Wildman–Crippen MR) is 251 cm³/mol. The van der Waals surface area contributed by atoms with Gasteiger partial charge in [-0.05, 0) is 108 Å². The van der Waals surface area contributed by atoms with Gasteiger partial charge in [0.15, 0.2) is 23.5 Å². The number of carbonyl (C=O) groups excluding carboxylic acids is 3. The largest absolute Gasteiger partial charge is 0.462 e. The number of amides is 1. The number of cyclic esters (lactones) is 1. The van der Waals surface area contributed by atoms with Crippen LogP contribution in [-0.2, 0) is 47.5 Å². The number of allylic oxidation sites excluding steroid dienone is 2. The maximum absolute atomic E-state index is 15.3. The van der Waals surface area contributed by atoms with Crippen LogP contribution in [0.2, 0.25) is 0 Å². The quantitative estimate of drug-likeness (QED) is 0.127. The monoisotopic (exact) mass is 938 g/mol. The normalized spacial score (nSPS) is 33.3. The molecule has 66 heavy (non-hydrogen) atoms. The summed E-state index contributed by atoms with van der Waals surface area (Å²) in [5.74, 6) is -1.83. The molecule has 1 N–H and O–H groups in total. The number of thiazole rings is 1. The van der Waals surface area contributed by atoms with Crippen molar-refractivity contribution < 1.29 is 52.3 Å². The Labute approximate surface area is 396 Å². The van der Waals surface area contributed by atoms with Gasteiger partial charge in [-0.1, -0.05) is 52.0 Å². The molecule has 7 rings (SSSR count). The molecule has 1 amide bonds. The molecule has 2 aromatic rings. The van der Waals surface area contributed by atoms with Gasteiger partial charge in [-0.3, -0.25) is 19.7 Å². The number of nitrogens with zero attached hydrogens (tertiary/aromatic N) is 2. The lowest BCUT2D eigenvalue weighted by Gasteiger charge is -2.40. The van der Waals surface area contributed by atoms with E-state index in [-0.39, 0.29) is 84.1 Å². The molecular formula is C51H75N3O11S. The van der Waals surface area contributed by atoms with Crippen LogP contribution in [-0.4, -0.2) is 131 Å². The molecule has 16 atom stereocenters. The van der Waals surface area contributed by atoms with Crippen molar-refractivity contribution in [3.63, 3.8) is 0 Å². The summed E-state index contributed by atoms with van der Waals surface area (Å²) in [6, 6.07) is 9.37. The van der Waals surface area contributed by atoms with Crippen LogP contribution in [0.3, 0.4) is 0 Å². The molecule has 14 nitrogen and oxygen atoms in total. The Hall–Kier alpha value is -3.12. The first-order valence-electron chi connectivity index (χ1n) is 24.3. The first kappa shape index (κ1) is 50.7. The van der Waals surface area contributed by atoms with E-state index in [9.17, 15) is 9.59 Å². The summed E-state index contributed by atoms with van der Waals surface area (Å²) >= 11 is 1.48. The topological polar surface area (TPSA) is 153 Å². The van der Waals surface area contributed by atoms with Crippen LogP contribution in [0.25, 0.3) is 0 Å². The number of carbonyl (C=O) groups is 3. The van der Waals surface area contributed by atoms with Crippen LogP contribution >= 0.6 is 11.3 Å². The Morgan fingerprint density at radius 2 is 1.65 bits per heavy atom. The summed E-state index contributed by atoms with van der Waals surface area (Å²) in [7, 11) is 10.7. The van der Waals surface area contributed by atoms with E-state index >= 15 is 4.79 Å². The van der Waals surface area contributed by atoms with Crippen molar-refractivity contribution in [3.05, 3.63) is 58.1 Å². The van der Waals surface area contributed by atoms with Crippen molar-refractivity contribution >= 4 is 34.1 Å². The number of methoxy groups -OCH3 is 4. The molecule has 3 aliphatic carbocycles. The number of ether oxygens (including phenoxy) is 8. The number of anilines is 1. The van der Waals surface area contributed by atoms with Crippen molar-refractivity contribution in [1.82, 2.24) is 9.88 Å². The number of ketones is 1. The van der Waals surface area contributed by atoms with Gasteiger partial charge in [0.25, 0.3) is 5.91 Å². The lowest BCUT2D eigenvalue weighted by molar-refractivity contribution is -0.246. The van der Waals surface area contributed by atoms with Crippen LogP contribution in [0.1, 0.15) is 125 Å². The summed E-state index contributed by atoms with van der Waals surface area (Å²) in [6.45, 7) is 10.3. The molecule has 2 saturated heterocycles. The highest BCUT2D eigenvalue weighted by molar-refractivity contribution is 7.16. The maximum Gasteiger partial charge on any atom is 0.306 e. The van der Waals surface area contributed by atoms with Crippen LogP contribution < -0.4 is 5.32 Å². The average molecular weight is 938 g/mol. The Balaban J connectivity index is 1.24. The standard InChI is InChI=1S/C51H75N3O11S/c1-12-31-19-16-20-39(65-41-22-21-38(54(6)7)29(5)62-41)28(4)44(56)36-25-34-33-23-32(64-50(61-11)47(60-10)46(59-9)45(58-8)27(2)3)24-37(33)48-43(42(34)35(36)26-40(55)63-31)52-51(66-48)53-49(57)30-17-14-13-15-18-30/h13-15,17-18,25,27-29,31-35,37-39,41-42,45-47,50H,12,16,19-24,26H2,1-11H3,(H,52,53,57)/t28-,29?,31+,32+,33+,34+,35-,37-,38+,39+,41+,42?,45?,46?,47?,50?/m1/s1. The highest BCUT2D eigenvalue weighted by atomic mass is 32.1. The molecule has 0 bridgehead atoms. The average Bonchev–Trinajstić information content (AvgIpc) is 4.02. The highest BCUT2D eigenvalue weighted by Gasteiger charge is 2.56. The van der Waals surface area contributed by atoms with E-state index in [1.807, 2.05) is 32.0 Å². The molecule has 366 valence electrons. The minimum Gasteiger partial charge on any atom is -0.462 e. The lowest BCUT2D eigenvalue weighted by Crippen LogP contribution is -2.51. The van der Waals surface area contributed by atoms with Gasteiger partial charge < -0.3 is 42.8 Å². The number of benzene rings is 1. The Morgan fingerprint density at radius 3 is 2.29 bits per heavy atom. The number of likely N-dealkylation sites (N-methyl/N-ethyl adjacent to an activating group) is 1. The van der Waals surface area contributed by atoms with Crippen molar-refractivity contribution in [2.45, 2.75) is 166 Å². The second-order valence-corrected chi connectivity index (χ2v) is 20.8. The zero-order valence-electron chi connectivity index (χ0n) is 40.9. The van der Waals surface area contributed by atoms with Gasteiger partial charge in [0.05, 0.1) is 36.5 Å². The van der Waals surface area contributed by atoms with Gasteiger partial charge in [0.1, 0.15) is 18.3 Å². The Bertz CT molecular complexity index is 1980. The van der Waals surface area contributed by atoms with E-state index in [1.54, 1.807) is 40.6 Å². The number of Topliss-reactive ketones (excluding diaryl/α,β-unsaturated/α-hetero) is 1. The van der Waals surface area contributed by atoms with Gasteiger partial charge >= 0.3 is 5.97 Å². The van der Waals surface area contributed by atoms with Gasteiger partial charge in [0.2, 0.25) is 0 Å². The highest BCUT2D eigenvalue weighted by Crippen LogP contribution is 2.63. The molecule has 1 saturated carbocycles. The SMILES string of the molecule is CC[C@H]1CCC[C@H](O[C@H]2CC[C@H](N(C)C)C(C)O2)[C@@H](C)C(=O)C2=C[C@@H]3C(c4nc(NC(=O)c5ccccc5)sc4[C@@H]4C[C@@H](OC(OC)C(OC)C(OC)C(OC)C(C)C)C[C@@H]34)[C@@H]2CC(=O)O1. The van der Waals surface area contributed by atoms with Crippen molar-refractivity contribution in [1.29, 1.82) is 0 Å². The molecule has 1 aromatic carbocycles. The minimum absolute atomic E-state index is 0.0000314. The molecule has 6 unspecified atom stereocenters. The first-order valence-corrected chi connectivity index (χ1v) is 25.1. The summed E-state index contributed by atoms with van der Waals surface area (Å²) in [4.78, 5) is 51.4. The van der Waals surface area contributed by atoms with Gasteiger partial charge in [-0.2, -0.15) is 0 Å².